The van der Waals surface area contributed by atoms with Crippen LogP contribution in [0.1, 0.15) is 25.1 Å². The second-order valence-corrected chi connectivity index (χ2v) is 4.32. The lowest BCUT2D eigenvalue weighted by atomic mass is 10.2. The molecule has 0 saturated carbocycles. The predicted octanol–water partition coefficient (Wildman–Crippen LogP) is -0.260. The number of carbonyl (C=O) groups is 1. The zero-order chi connectivity index (χ0) is 13.1. The molecular formula is C11H17N3O4. The second kappa shape index (κ2) is 5.45. The topological polar surface area (TPSA) is 88.7 Å². The number of esters is 1. The number of rotatable bonds is 4. The molecule has 1 aromatic rings. The van der Waals surface area contributed by atoms with E-state index in [1.807, 2.05) is 6.92 Å². The van der Waals surface area contributed by atoms with E-state index in [0.29, 0.717) is 37.6 Å². The molecule has 0 spiro atoms. The van der Waals surface area contributed by atoms with E-state index >= 15 is 0 Å². The molecule has 7 nitrogen and oxygen atoms in total. The fourth-order valence-corrected chi connectivity index (χ4v) is 2.11. The maximum Gasteiger partial charge on any atom is 0.323 e. The zero-order valence-corrected chi connectivity index (χ0v) is 10.5. The lowest BCUT2D eigenvalue weighted by Gasteiger charge is -2.19. The minimum atomic E-state index is -0.525. The molecule has 2 unspecified atom stereocenters. The quantitative estimate of drug-likeness (QED) is 0.741. The van der Waals surface area contributed by atoms with E-state index < -0.39 is 12.1 Å². The van der Waals surface area contributed by atoms with Gasteiger partial charge in [-0.3, -0.25) is 9.69 Å². The zero-order valence-electron chi connectivity index (χ0n) is 10.5. The summed E-state index contributed by atoms with van der Waals surface area (Å²) < 4.78 is 9.80. The minimum Gasteiger partial charge on any atom is -0.468 e. The van der Waals surface area contributed by atoms with Crippen LogP contribution in [-0.4, -0.2) is 51.9 Å². The van der Waals surface area contributed by atoms with Crippen LogP contribution in [0.3, 0.4) is 0 Å². The molecule has 0 bridgehead atoms. The summed E-state index contributed by atoms with van der Waals surface area (Å²) in [4.78, 5) is 17.6. The Kier molecular flexibility index (Phi) is 3.93. The normalized spacial score (nSPS) is 24.4. The molecule has 0 aromatic carbocycles. The summed E-state index contributed by atoms with van der Waals surface area (Å²) in [5.41, 5.74) is 0. The number of ether oxygens (including phenoxy) is 1. The monoisotopic (exact) mass is 255 g/mol. The molecule has 1 N–H and O–H groups in total. The van der Waals surface area contributed by atoms with Crippen molar-refractivity contribution in [3.63, 3.8) is 0 Å². The van der Waals surface area contributed by atoms with Crippen LogP contribution in [0, 0.1) is 0 Å². The number of β-amino-alcohol motifs (C(OH)–C–C–N with tert-alkyl or cyclic N) is 1. The summed E-state index contributed by atoms with van der Waals surface area (Å²) in [5, 5.41) is 13.4. The number of aliphatic hydroxyl groups excluding tert-OH is 1. The van der Waals surface area contributed by atoms with Crippen LogP contribution < -0.4 is 0 Å². The summed E-state index contributed by atoms with van der Waals surface area (Å²) in [6.07, 6.45) is 0.552. The highest BCUT2D eigenvalue weighted by Crippen LogP contribution is 2.21. The Morgan fingerprint density at radius 3 is 3.06 bits per heavy atom. The van der Waals surface area contributed by atoms with E-state index in [-0.39, 0.29) is 5.97 Å². The van der Waals surface area contributed by atoms with Crippen molar-refractivity contribution in [3.8, 4) is 0 Å². The number of nitrogens with zero attached hydrogens (tertiary/aromatic N) is 3. The number of aliphatic hydroxyl groups is 1. The van der Waals surface area contributed by atoms with Gasteiger partial charge in [0.15, 0.2) is 5.82 Å². The summed E-state index contributed by atoms with van der Waals surface area (Å²) in [6.45, 7) is 2.69. The predicted molar refractivity (Wildman–Crippen MR) is 60.5 cm³/mol. The number of aromatic nitrogens is 2. The van der Waals surface area contributed by atoms with Crippen molar-refractivity contribution in [3.05, 3.63) is 11.7 Å². The second-order valence-electron chi connectivity index (χ2n) is 4.32. The lowest BCUT2D eigenvalue weighted by Crippen LogP contribution is -2.36. The number of carbonyl (C=O) groups excluding carboxylic acids is 1. The lowest BCUT2D eigenvalue weighted by molar-refractivity contribution is -0.146. The van der Waals surface area contributed by atoms with Gasteiger partial charge < -0.3 is 14.4 Å². The molecule has 7 heteroatoms. The highest BCUT2D eigenvalue weighted by molar-refractivity contribution is 5.76. The first-order chi connectivity index (χ1) is 8.63. The Balaban J connectivity index is 2.04. The van der Waals surface area contributed by atoms with Crippen molar-refractivity contribution in [2.75, 3.05) is 13.7 Å². The molecule has 0 radical (unpaired) electrons. The van der Waals surface area contributed by atoms with Crippen molar-refractivity contribution < 1.29 is 19.2 Å². The third-order valence-electron chi connectivity index (χ3n) is 3.02. The molecule has 0 aliphatic carbocycles. The molecule has 1 fully saturated rings. The molecule has 1 aromatic heterocycles. The number of aryl methyl sites for hydroxylation is 1. The molecule has 100 valence electrons. The largest absolute Gasteiger partial charge is 0.468 e. The van der Waals surface area contributed by atoms with E-state index in [9.17, 15) is 9.90 Å². The van der Waals surface area contributed by atoms with Gasteiger partial charge in [0.25, 0.3) is 0 Å². The Morgan fingerprint density at radius 2 is 2.44 bits per heavy atom. The highest BCUT2D eigenvalue weighted by Gasteiger charge is 2.37. The third kappa shape index (κ3) is 2.68. The first-order valence-electron chi connectivity index (χ1n) is 5.95. The maximum absolute atomic E-state index is 11.6. The molecule has 2 atom stereocenters. The van der Waals surface area contributed by atoms with Crippen molar-refractivity contribution in [2.45, 2.75) is 38.5 Å². The molecule has 1 saturated heterocycles. The standard InChI is InChI=1S/C11H17N3O4/c1-3-9-12-10(18-13-9)6-14-5-7(15)4-8(14)11(16)17-2/h7-8,15H,3-6H2,1-2H3. The third-order valence-corrected chi connectivity index (χ3v) is 3.02. The maximum atomic E-state index is 11.6. The molecule has 1 aliphatic rings. The van der Waals surface area contributed by atoms with Crippen molar-refractivity contribution in [2.24, 2.45) is 0 Å². The minimum absolute atomic E-state index is 0.346. The van der Waals surface area contributed by atoms with E-state index in [1.54, 1.807) is 4.90 Å². The first-order valence-corrected chi connectivity index (χ1v) is 5.95. The van der Waals surface area contributed by atoms with Crippen LogP contribution in [0.4, 0.5) is 0 Å². The van der Waals surface area contributed by atoms with E-state index in [1.165, 1.54) is 7.11 Å². The van der Waals surface area contributed by atoms with E-state index in [4.69, 9.17) is 9.26 Å². The van der Waals surface area contributed by atoms with Crippen molar-refractivity contribution >= 4 is 5.97 Å². The SMILES string of the molecule is CCc1noc(CN2CC(O)CC2C(=O)OC)n1. The van der Waals surface area contributed by atoms with Gasteiger partial charge >= 0.3 is 5.97 Å². The van der Waals surface area contributed by atoms with Crippen LogP contribution in [-0.2, 0) is 22.5 Å². The smallest absolute Gasteiger partial charge is 0.323 e. The average molecular weight is 255 g/mol. The highest BCUT2D eigenvalue weighted by atomic mass is 16.5. The van der Waals surface area contributed by atoms with E-state index in [2.05, 4.69) is 10.1 Å². The molecule has 18 heavy (non-hydrogen) atoms. The molecule has 1 aliphatic heterocycles. The van der Waals surface area contributed by atoms with Gasteiger partial charge in [-0.05, 0) is 0 Å². The van der Waals surface area contributed by atoms with Crippen LogP contribution in [0.25, 0.3) is 0 Å². The van der Waals surface area contributed by atoms with Gasteiger partial charge in [-0.25, -0.2) is 0 Å². The average Bonchev–Trinajstić information content (AvgIpc) is 2.95. The van der Waals surface area contributed by atoms with Crippen LogP contribution in [0.15, 0.2) is 4.52 Å². The van der Waals surface area contributed by atoms with Gasteiger partial charge in [0.1, 0.15) is 6.04 Å². The number of methoxy groups -OCH3 is 1. The number of hydrogen-bond acceptors (Lipinski definition) is 7. The van der Waals surface area contributed by atoms with E-state index in [0.717, 1.165) is 0 Å². The van der Waals surface area contributed by atoms with Gasteiger partial charge in [-0.2, -0.15) is 4.98 Å². The van der Waals surface area contributed by atoms with Crippen molar-refractivity contribution in [1.82, 2.24) is 15.0 Å². The Hall–Kier alpha value is -1.47. The van der Waals surface area contributed by atoms with Gasteiger partial charge in [0.05, 0.1) is 19.8 Å². The Morgan fingerprint density at radius 1 is 1.67 bits per heavy atom. The molecular weight excluding hydrogens is 238 g/mol. The summed E-state index contributed by atoms with van der Waals surface area (Å²) in [5.74, 6) is 0.746. The van der Waals surface area contributed by atoms with Crippen molar-refractivity contribution in [1.29, 1.82) is 0 Å². The van der Waals surface area contributed by atoms with Gasteiger partial charge in [0.2, 0.25) is 5.89 Å². The fraction of sp³-hybridized carbons (Fsp3) is 0.727. The van der Waals surface area contributed by atoms with Gasteiger partial charge in [-0.15, -0.1) is 0 Å². The molecule has 2 rings (SSSR count). The summed E-state index contributed by atoms with van der Waals surface area (Å²) >= 11 is 0. The Labute approximate surface area is 105 Å². The first kappa shape index (κ1) is 13.0. The van der Waals surface area contributed by atoms with Gasteiger partial charge in [-0.1, -0.05) is 12.1 Å². The van der Waals surface area contributed by atoms with Crippen LogP contribution >= 0.6 is 0 Å². The summed E-state index contributed by atoms with van der Waals surface area (Å²) in [6, 6.07) is -0.443. The molecule has 0 amide bonds. The fourth-order valence-electron chi connectivity index (χ4n) is 2.11. The summed E-state index contributed by atoms with van der Waals surface area (Å²) in [7, 11) is 1.34. The van der Waals surface area contributed by atoms with Crippen LogP contribution in [0.5, 0.6) is 0 Å². The Bertz CT molecular complexity index is 420. The van der Waals surface area contributed by atoms with Gasteiger partial charge in [0, 0.05) is 19.4 Å². The molecule has 2 heterocycles. The van der Waals surface area contributed by atoms with Crippen LogP contribution in [0.2, 0.25) is 0 Å². The number of hydrogen-bond donors (Lipinski definition) is 1. The number of likely N-dealkylation sites (tertiary alicyclic amines) is 1.